The first kappa shape index (κ1) is 15.6. The van der Waals surface area contributed by atoms with Gasteiger partial charge in [0.05, 0.1) is 11.2 Å². The maximum Gasteiger partial charge on any atom is 0.177 e. The third-order valence-electron chi connectivity index (χ3n) is 4.56. The summed E-state index contributed by atoms with van der Waals surface area (Å²) < 4.78 is 1.81. The number of rotatable bonds is 3. The van der Waals surface area contributed by atoms with Gasteiger partial charge in [0.1, 0.15) is 0 Å². The molecule has 0 radical (unpaired) electrons. The minimum Gasteiger partial charge on any atom is -0.264 e. The molecule has 0 aliphatic heterocycles. The smallest absolute Gasteiger partial charge is 0.177 e. The highest BCUT2D eigenvalue weighted by Crippen LogP contribution is 2.23. The summed E-state index contributed by atoms with van der Waals surface area (Å²) in [6.07, 6.45) is 6.17. The molecule has 0 fully saturated rings. The normalized spacial score (nSPS) is 11.3. The van der Waals surface area contributed by atoms with Crippen LogP contribution in [0.5, 0.6) is 0 Å². The van der Waals surface area contributed by atoms with Gasteiger partial charge >= 0.3 is 0 Å². The van der Waals surface area contributed by atoms with Gasteiger partial charge in [-0.2, -0.15) is 9.61 Å². The van der Waals surface area contributed by atoms with Crippen LogP contribution in [0, 0.1) is 6.92 Å². The van der Waals surface area contributed by atoms with Gasteiger partial charge in [-0.1, -0.05) is 12.1 Å². The molecule has 0 saturated carbocycles. The lowest BCUT2D eigenvalue weighted by Crippen LogP contribution is -2.01. The Morgan fingerprint density at radius 3 is 2.78 bits per heavy atom. The molecule has 4 heterocycles. The molecule has 5 rings (SSSR count). The number of pyridine rings is 2. The summed E-state index contributed by atoms with van der Waals surface area (Å²) >= 11 is 0. The summed E-state index contributed by atoms with van der Waals surface area (Å²) in [5.41, 5.74) is 5.92. The van der Waals surface area contributed by atoms with Crippen LogP contribution < -0.4 is 0 Å². The van der Waals surface area contributed by atoms with Crippen LogP contribution in [-0.2, 0) is 6.42 Å². The van der Waals surface area contributed by atoms with E-state index in [2.05, 4.69) is 43.5 Å². The van der Waals surface area contributed by atoms with Gasteiger partial charge in [-0.3, -0.25) is 9.97 Å². The lowest BCUT2D eigenvalue weighted by Gasteiger charge is -2.06. The number of benzene rings is 1. The first-order valence-electron chi connectivity index (χ1n) is 8.73. The second kappa shape index (κ2) is 6.25. The van der Waals surface area contributed by atoms with Crippen LogP contribution >= 0.6 is 0 Å². The number of nitrogens with zero attached hydrogens (tertiary/aromatic N) is 6. The second-order valence-electron chi connectivity index (χ2n) is 6.53. The minimum atomic E-state index is 0.657. The van der Waals surface area contributed by atoms with Crippen LogP contribution in [-0.4, -0.2) is 29.8 Å². The Labute approximate surface area is 155 Å². The first-order chi connectivity index (χ1) is 13.3. The average molecular weight is 352 g/mol. The van der Waals surface area contributed by atoms with Crippen LogP contribution in [0.3, 0.4) is 0 Å². The fourth-order valence-corrected chi connectivity index (χ4v) is 3.20. The molecule has 0 atom stereocenters. The number of aryl methyl sites for hydroxylation is 1. The quantitative estimate of drug-likeness (QED) is 0.496. The lowest BCUT2D eigenvalue weighted by molar-refractivity contribution is 0.821. The van der Waals surface area contributed by atoms with Crippen LogP contribution in [0.25, 0.3) is 27.7 Å². The zero-order valence-corrected chi connectivity index (χ0v) is 14.7. The van der Waals surface area contributed by atoms with Crippen molar-refractivity contribution in [3.63, 3.8) is 0 Å². The summed E-state index contributed by atoms with van der Waals surface area (Å²) in [5.74, 6) is 0.824. The molecule has 0 amide bonds. The number of hydrogen-bond donors (Lipinski definition) is 0. The third kappa shape index (κ3) is 2.91. The molecule has 0 bridgehead atoms. The Bertz CT molecular complexity index is 1260. The molecule has 130 valence electrons. The Kier molecular flexibility index (Phi) is 3.60. The van der Waals surface area contributed by atoms with Gasteiger partial charge in [-0.25, -0.2) is 0 Å². The maximum absolute atomic E-state index is 4.58. The summed E-state index contributed by atoms with van der Waals surface area (Å²) in [7, 11) is 0. The van der Waals surface area contributed by atoms with Gasteiger partial charge in [-0.05, 0) is 48.9 Å². The summed E-state index contributed by atoms with van der Waals surface area (Å²) in [4.78, 5) is 8.78. The van der Waals surface area contributed by atoms with Gasteiger partial charge in [0.15, 0.2) is 11.5 Å². The molecule has 27 heavy (non-hydrogen) atoms. The highest BCUT2D eigenvalue weighted by Gasteiger charge is 2.09. The van der Waals surface area contributed by atoms with Crippen molar-refractivity contribution >= 4 is 16.6 Å². The molecule has 0 aliphatic rings. The molecule has 0 spiro atoms. The molecule has 6 nitrogen and oxygen atoms in total. The summed E-state index contributed by atoms with van der Waals surface area (Å²) in [5, 5.41) is 14.1. The van der Waals surface area contributed by atoms with E-state index in [1.54, 1.807) is 6.20 Å². The van der Waals surface area contributed by atoms with E-state index >= 15 is 0 Å². The topological polar surface area (TPSA) is 68.9 Å². The number of aromatic nitrogens is 6. The molecular formula is C21H16N6. The molecule has 0 saturated heterocycles. The average Bonchev–Trinajstić information content (AvgIpc) is 3.10. The minimum absolute atomic E-state index is 0.657. The van der Waals surface area contributed by atoms with E-state index in [1.165, 1.54) is 0 Å². The number of hydrogen-bond acceptors (Lipinski definition) is 5. The van der Waals surface area contributed by atoms with E-state index in [4.69, 9.17) is 0 Å². The molecule has 0 aliphatic carbocycles. The molecular weight excluding hydrogens is 336 g/mol. The summed E-state index contributed by atoms with van der Waals surface area (Å²) in [6, 6.07) is 16.3. The van der Waals surface area contributed by atoms with Crippen LogP contribution in [0.1, 0.15) is 17.1 Å². The Hall–Kier alpha value is -3.67. The number of fused-ring (bicyclic) bond motifs is 2. The predicted octanol–water partition coefficient (Wildman–Crippen LogP) is 3.63. The van der Waals surface area contributed by atoms with Crippen molar-refractivity contribution in [1.82, 2.24) is 29.8 Å². The monoisotopic (exact) mass is 352 g/mol. The van der Waals surface area contributed by atoms with Crippen LogP contribution in [0.4, 0.5) is 0 Å². The van der Waals surface area contributed by atoms with E-state index in [9.17, 15) is 0 Å². The van der Waals surface area contributed by atoms with E-state index < -0.39 is 0 Å². The van der Waals surface area contributed by atoms with E-state index in [0.717, 1.165) is 44.8 Å². The van der Waals surface area contributed by atoms with E-state index in [1.807, 2.05) is 54.2 Å². The van der Waals surface area contributed by atoms with Gasteiger partial charge in [0.25, 0.3) is 0 Å². The highest BCUT2D eigenvalue weighted by molar-refractivity contribution is 5.84. The largest absolute Gasteiger partial charge is 0.264 e. The molecule has 0 N–H and O–H groups in total. The molecule has 0 unspecified atom stereocenters. The summed E-state index contributed by atoms with van der Waals surface area (Å²) in [6.45, 7) is 1.96. The van der Waals surface area contributed by atoms with Gasteiger partial charge in [0.2, 0.25) is 0 Å². The second-order valence-corrected chi connectivity index (χ2v) is 6.53. The standard InChI is InChI=1S/C21H16N6/c1-14-4-7-20-24-25-21(27(20)26-14)10-15-5-6-19-17(9-15)11-18(13-23-19)16-3-2-8-22-12-16/h2-9,11-13H,10H2,1H3. The Morgan fingerprint density at radius 1 is 0.926 bits per heavy atom. The van der Waals surface area contributed by atoms with Crippen molar-refractivity contribution in [1.29, 1.82) is 0 Å². The van der Waals surface area contributed by atoms with Crippen molar-refractivity contribution < 1.29 is 0 Å². The third-order valence-corrected chi connectivity index (χ3v) is 4.56. The van der Waals surface area contributed by atoms with Crippen molar-refractivity contribution in [2.24, 2.45) is 0 Å². The fraction of sp³-hybridized carbons (Fsp3) is 0.0952. The zero-order chi connectivity index (χ0) is 18.2. The first-order valence-corrected chi connectivity index (χ1v) is 8.73. The Balaban J connectivity index is 1.54. The maximum atomic E-state index is 4.58. The van der Waals surface area contributed by atoms with Crippen molar-refractivity contribution in [3.05, 3.63) is 84.2 Å². The molecule has 1 aromatic carbocycles. The lowest BCUT2D eigenvalue weighted by atomic mass is 10.0. The zero-order valence-electron chi connectivity index (χ0n) is 14.7. The highest BCUT2D eigenvalue weighted by atomic mass is 15.4. The molecule has 6 heteroatoms. The van der Waals surface area contributed by atoms with Crippen molar-refractivity contribution in [3.8, 4) is 11.1 Å². The van der Waals surface area contributed by atoms with Crippen molar-refractivity contribution in [2.45, 2.75) is 13.3 Å². The SMILES string of the molecule is Cc1ccc2nnc(Cc3ccc4ncc(-c5cccnc5)cc4c3)n2n1. The van der Waals surface area contributed by atoms with Gasteiger partial charge < -0.3 is 0 Å². The molecule has 5 aromatic rings. The van der Waals surface area contributed by atoms with Gasteiger partial charge in [0, 0.05) is 41.5 Å². The fourth-order valence-electron chi connectivity index (χ4n) is 3.20. The van der Waals surface area contributed by atoms with E-state index in [-0.39, 0.29) is 0 Å². The molecule has 4 aromatic heterocycles. The van der Waals surface area contributed by atoms with E-state index in [0.29, 0.717) is 6.42 Å². The van der Waals surface area contributed by atoms with Crippen molar-refractivity contribution in [2.75, 3.05) is 0 Å². The van der Waals surface area contributed by atoms with Crippen LogP contribution in [0.15, 0.2) is 67.1 Å². The Morgan fingerprint density at radius 2 is 1.89 bits per heavy atom. The van der Waals surface area contributed by atoms with Gasteiger partial charge in [-0.15, -0.1) is 10.2 Å². The van der Waals surface area contributed by atoms with Crippen LogP contribution in [0.2, 0.25) is 0 Å². The predicted molar refractivity (Wildman–Crippen MR) is 103 cm³/mol.